The maximum Gasteiger partial charge on any atom is 0.220 e. The van der Waals surface area contributed by atoms with Gasteiger partial charge >= 0.3 is 0 Å². The average molecular weight is 325 g/mol. The van der Waals surface area contributed by atoms with E-state index in [-0.39, 0.29) is 5.91 Å². The molecule has 1 N–H and O–H groups in total. The van der Waals surface area contributed by atoms with E-state index in [0.29, 0.717) is 12.5 Å². The zero-order valence-electron chi connectivity index (χ0n) is 13.8. The Hall–Kier alpha value is -2.21. The molecule has 3 heterocycles. The van der Waals surface area contributed by atoms with Crippen molar-refractivity contribution in [2.45, 2.75) is 25.3 Å². The lowest BCUT2D eigenvalue weighted by Gasteiger charge is -2.39. The quantitative estimate of drug-likeness (QED) is 0.905. The largest absolute Gasteiger partial charge is 0.356 e. The fourth-order valence-electron chi connectivity index (χ4n) is 3.82. The van der Waals surface area contributed by atoms with E-state index in [4.69, 9.17) is 0 Å². The van der Waals surface area contributed by atoms with Crippen molar-refractivity contribution in [2.75, 3.05) is 37.6 Å². The number of hydrogen-bond donors (Lipinski definition) is 1. The Kier molecular flexibility index (Phi) is 4.30. The van der Waals surface area contributed by atoms with Gasteiger partial charge in [0.2, 0.25) is 5.91 Å². The number of benzene rings is 1. The summed E-state index contributed by atoms with van der Waals surface area (Å²) in [7, 11) is 0. The number of anilines is 1. The van der Waals surface area contributed by atoms with E-state index in [2.05, 4.69) is 31.2 Å². The van der Waals surface area contributed by atoms with Crippen LogP contribution in [0.3, 0.4) is 0 Å². The van der Waals surface area contributed by atoms with Crippen molar-refractivity contribution >= 4 is 22.6 Å². The Morgan fingerprint density at radius 3 is 2.75 bits per heavy atom. The lowest BCUT2D eigenvalue weighted by molar-refractivity contribution is -0.120. The summed E-state index contributed by atoms with van der Waals surface area (Å²) in [5.41, 5.74) is 0.998. The van der Waals surface area contributed by atoms with E-state index in [0.717, 1.165) is 62.3 Å². The molecule has 0 radical (unpaired) electrons. The zero-order chi connectivity index (χ0) is 16.4. The van der Waals surface area contributed by atoms with Crippen LogP contribution in [0.2, 0.25) is 0 Å². The van der Waals surface area contributed by atoms with Crippen LogP contribution in [-0.4, -0.2) is 59.5 Å². The van der Waals surface area contributed by atoms with Gasteiger partial charge in [-0.25, -0.2) is 9.97 Å². The van der Waals surface area contributed by atoms with Gasteiger partial charge in [-0.3, -0.25) is 9.69 Å². The molecule has 6 nitrogen and oxygen atoms in total. The van der Waals surface area contributed by atoms with Crippen molar-refractivity contribution in [1.29, 1.82) is 0 Å². The van der Waals surface area contributed by atoms with Gasteiger partial charge in [0, 0.05) is 50.6 Å². The van der Waals surface area contributed by atoms with Gasteiger partial charge in [0.25, 0.3) is 0 Å². The van der Waals surface area contributed by atoms with Gasteiger partial charge in [-0.2, -0.15) is 0 Å². The number of piperazine rings is 1. The third-order valence-corrected chi connectivity index (χ3v) is 5.16. The summed E-state index contributed by atoms with van der Waals surface area (Å²) < 4.78 is 0. The molecule has 2 aliphatic rings. The number of nitrogens with one attached hydrogen (secondary N) is 1. The van der Waals surface area contributed by atoms with Gasteiger partial charge < -0.3 is 10.2 Å². The minimum atomic E-state index is 0.198. The molecule has 1 aromatic carbocycles. The highest BCUT2D eigenvalue weighted by Crippen LogP contribution is 2.24. The molecule has 126 valence electrons. The van der Waals surface area contributed by atoms with Crippen LogP contribution in [0, 0.1) is 0 Å². The number of aromatic nitrogens is 2. The Balaban J connectivity index is 1.45. The van der Waals surface area contributed by atoms with Gasteiger partial charge in [0.05, 0.1) is 5.52 Å². The third-order valence-electron chi connectivity index (χ3n) is 5.16. The second-order valence-corrected chi connectivity index (χ2v) is 6.57. The molecule has 2 fully saturated rings. The molecule has 1 atom stereocenters. The fourth-order valence-corrected chi connectivity index (χ4v) is 3.82. The van der Waals surface area contributed by atoms with Crippen LogP contribution in [-0.2, 0) is 4.79 Å². The topological polar surface area (TPSA) is 61.4 Å². The van der Waals surface area contributed by atoms with Gasteiger partial charge in [0.1, 0.15) is 12.1 Å². The summed E-state index contributed by atoms with van der Waals surface area (Å²) in [5.74, 6) is 1.24. The molecule has 0 spiro atoms. The zero-order valence-corrected chi connectivity index (χ0v) is 13.8. The predicted molar refractivity (Wildman–Crippen MR) is 94.0 cm³/mol. The van der Waals surface area contributed by atoms with E-state index >= 15 is 0 Å². The molecular formula is C18H23N5O. The first-order valence-electron chi connectivity index (χ1n) is 8.77. The first-order chi connectivity index (χ1) is 11.8. The molecule has 1 unspecified atom stereocenters. The lowest BCUT2D eigenvalue weighted by atomic mass is 10.1. The number of amides is 1. The predicted octanol–water partition coefficient (Wildman–Crippen LogP) is 1.42. The maximum absolute atomic E-state index is 11.5. The fraction of sp³-hybridized carbons (Fsp3) is 0.500. The van der Waals surface area contributed by atoms with Crippen LogP contribution in [0.25, 0.3) is 10.9 Å². The smallest absolute Gasteiger partial charge is 0.220 e. The van der Waals surface area contributed by atoms with E-state index in [1.807, 2.05) is 18.2 Å². The number of para-hydroxylation sites is 1. The van der Waals surface area contributed by atoms with Crippen LogP contribution >= 0.6 is 0 Å². The maximum atomic E-state index is 11.5. The van der Waals surface area contributed by atoms with Gasteiger partial charge in [-0.1, -0.05) is 12.1 Å². The molecule has 6 heteroatoms. The highest BCUT2D eigenvalue weighted by atomic mass is 16.1. The molecule has 0 saturated carbocycles. The number of fused-ring (bicyclic) bond motifs is 1. The van der Waals surface area contributed by atoms with Crippen LogP contribution in [0.15, 0.2) is 30.6 Å². The standard InChI is InChI=1S/C18H23N5O/c24-17-6-5-14(7-8-19-17)22-9-11-23(12-10-22)18-15-3-1-2-4-16(15)20-13-21-18/h1-4,13-14H,5-12H2,(H,19,24). The van der Waals surface area contributed by atoms with E-state index in [1.165, 1.54) is 0 Å². The normalized spacial score (nSPS) is 23.1. The molecule has 2 aliphatic heterocycles. The third kappa shape index (κ3) is 3.06. The average Bonchev–Trinajstić information content (AvgIpc) is 2.86. The number of carbonyl (C=O) groups is 1. The van der Waals surface area contributed by atoms with E-state index < -0.39 is 0 Å². The van der Waals surface area contributed by atoms with Crippen molar-refractivity contribution in [3.05, 3.63) is 30.6 Å². The van der Waals surface area contributed by atoms with Crippen molar-refractivity contribution in [3.63, 3.8) is 0 Å². The van der Waals surface area contributed by atoms with Crippen molar-refractivity contribution in [3.8, 4) is 0 Å². The van der Waals surface area contributed by atoms with Gasteiger partial charge in [0.15, 0.2) is 0 Å². The van der Waals surface area contributed by atoms with Crippen molar-refractivity contribution in [2.24, 2.45) is 0 Å². The molecule has 24 heavy (non-hydrogen) atoms. The van der Waals surface area contributed by atoms with Crippen LogP contribution < -0.4 is 10.2 Å². The van der Waals surface area contributed by atoms with Crippen LogP contribution in [0.1, 0.15) is 19.3 Å². The molecule has 1 aromatic heterocycles. The number of rotatable bonds is 2. The summed E-state index contributed by atoms with van der Waals surface area (Å²) in [4.78, 5) is 25.3. The first-order valence-corrected chi connectivity index (χ1v) is 8.77. The van der Waals surface area contributed by atoms with Gasteiger partial charge in [-0.05, 0) is 25.0 Å². The summed E-state index contributed by atoms with van der Waals surface area (Å²) >= 11 is 0. The Morgan fingerprint density at radius 1 is 1.04 bits per heavy atom. The minimum Gasteiger partial charge on any atom is -0.356 e. The number of hydrogen-bond acceptors (Lipinski definition) is 5. The first kappa shape index (κ1) is 15.3. The van der Waals surface area contributed by atoms with Crippen molar-refractivity contribution < 1.29 is 4.79 Å². The molecule has 1 amide bonds. The number of nitrogens with zero attached hydrogens (tertiary/aromatic N) is 4. The number of carbonyl (C=O) groups excluding carboxylic acids is 1. The monoisotopic (exact) mass is 325 g/mol. The molecule has 0 aliphatic carbocycles. The molecule has 0 bridgehead atoms. The van der Waals surface area contributed by atoms with Crippen LogP contribution in [0.4, 0.5) is 5.82 Å². The SMILES string of the molecule is O=C1CCC(N2CCN(c3ncnc4ccccc34)CC2)CCN1. The highest BCUT2D eigenvalue weighted by Gasteiger charge is 2.26. The van der Waals surface area contributed by atoms with Crippen LogP contribution in [0.5, 0.6) is 0 Å². The Morgan fingerprint density at radius 2 is 1.88 bits per heavy atom. The molecule has 4 rings (SSSR count). The lowest BCUT2D eigenvalue weighted by Crippen LogP contribution is -2.50. The highest BCUT2D eigenvalue weighted by molar-refractivity contribution is 5.89. The minimum absolute atomic E-state index is 0.198. The van der Waals surface area contributed by atoms with Crippen molar-refractivity contribution in [1.82, 2.24) is 20.2 Å². The van der Waals surface area contributed by atoms with E-state index in [9.17, 15) is 4.79 Å². The second-order valence-electron chi connectivity index (χ2n) is 6.57. The summed E-state index contributed by atoms with van der Waals surface area (Å²) in [6.07, 6.45) is 4.35. The summed E-state index contributed by atoms with van der Waals surface area (Å²) in [6.45, 7) is 4.80. The van der Waals surface area contributed by atoms with Gasteiger partial charge in [-0.15, -0.1) is 0 Å². The molecule has 2 aromatic rings. The second kappa shape index (κ2) is 6.73. The Labute approximate surface area is 141 Å². The summed E-state index contributed by atoms with van der Waals surface area (Å²) in [5, 5.41) is 4.10. The molecule has 2 saturated heterocycles. The Bertz CT molecular complexity index is 721. The summed E-state index contributed by atoms with van der Waals surface area (Å²) in [6, 6.07) is 8.71. The van der Waals surface area contributed by atoms with E-state index in [1.54, 1.807) is 6.33 Å². The molecular weight excluding hydrogens is 302 g/mol.